The van der Waals surface area contributed by atoms with Crippen LogP contribution >= 0.6 is 11.6 Å². The van der Waals surface area contributed by atoms with Crippen LogP contribution in [0.2, 0.25) is 5.02 Å². The second-order valence-corrected chi connectivity index (χ2v) is 7.82. The average Bonchev–Trinajstić information content (AvgIpc) is 3.47. The first kappa shape index (κ1) is 19.2. The second kappa shape index (κ2) is 7.49. The molecule has 1 aliphatic rings. The smallest absolute Gasteiger partial charge is 0.162 e. The highest BCUT2D eigenvalue weighted by molar-refractivity contribution is 6.35. The number of benzene rings is 1. The molecule has 10 heteroatoms. The third kappa shape index (κ3) is 3.41. The molecule has 1 aromatic carbocycles. The molecule has 0 unspecified atom stereocenters. The molecule has 154 valence electrons. The average molecular weight is 432 g/mol. The van der Waals surface area contributed by atoms with Gasteiger partial charge in [0, 0.05) is 17.8 Å². The van der Waals surface area contributed by atoms with Crippen LogP contribution in [0.15, 0.2) is 30.5 Å². The van der Waals surface area contributed by atoms with Gasteiger partial charge in [-0.3, -0.25) is 4.68 Å². The van der Waals surface area contributed by atoms with Gasteiger partial charge in [0.2, 0.25) is 0 Å². The van der Waals surface area contributed by atoms with Crippen molar-refractivity contribution in [1.82, 2.24) is 34.7 Å². The van der Waals surface area contributed by atoms with Gasteiger partial charge in [0.15, 0.2) is 5.82 Å². The first-order valence-electron chi connectivity index (χ1n) is 9.82. The Bertz CT molecular complexity index is 1320. The number of rotatable bonds is 4. The zero-order chi connectivity index (χ0) is 21.5. The maximum Gasteiger partial charge on any atom is 0.162 e. The van der Waals surface area contributed by atoms with Crippen molar-refractivity contribution in [3.8, 4) is 28.8 Å². The molecule has 3 aromatic heterocycles. The first-order valence-corrected chi connectivity index (χ1v) is 10.2. The highest BCUT2D eigenvalue weighted by Crippen LogP contribution is 2.32. The van der Waals surface area contributed by atoms with Crippen LogP contribution in [0.5, 0.6) is 0 Å². The van der Waals surface area contributed by atoms with E-state index in [0.717, 1.165) is 30.6 Å². The lowest BCUT2D eigenvalue weighted by atomic mass is 10.0. The Balaban J connectivity index is 1.50. The van der Waals surface area contributed by atoms with E-state index in [0.29, 0.717) is 34.9 Å². The maximum atomic E-state index is 9.32. The van der Waals surface area contributed by atoms with Crippen molar-refractivity contribution in [2.75, 3.05) is 5.73 Å². The quantitative estimate of drug-likeness (QED) is 0.526. The van der Waals surface area contributed by atoms with Gasteiger partial charge in [-0.2, -0.15) is 10.4 Å². The minimum atomic E-state index is 0.142. The molecule has 2 N–H and O–H groups in total. The molecule has 1 aliphatic heterocycles. The molecule has 0 atom stereocenters. The maximum absolute atomic E-state index is 9.32. The van der Waals surface area contributed by atoms with Crippen LogP contribution in [0, 0.1) is 18.3 Å². The molecule has 0 spiro atoms. The molecule has 5 rings (SSSR count). The van der Waals surface area contributed by atoms with E-state index in [1.807, 2.05) is 17.7 Å². The topological polar surface area (TPSA) is 124 Å². The summed E-state index contributed by atoms with van der Waals surface area (Å²) in [6.45, 7) is 3.31. The van der Waals surface area contributed by atoms with E-state index in [1.165, 1.54) is 5.69 Å². The van der Waals surface area contributed by atoms with Crippen molar-refractivity contribution in [1.29, 1.82) is 5.26 Å². The number of nitrogens with zero attached hydrogens (tertiary/aromatic N) is 8. The minimum absolute atomic E-state index is 0.142. The molecule has 0 amide bonds. The van der Waals surface area contributed by atoms with Crippen molar-refractivity contribution in [2.24, 2.45) is 0 Å². The molecule has 0 radical (unpaired) electrons. The molecule has 31 heavy (non-hydrogen) atoms. The molecule has 0 saturated carbocycles. The van der Waals surface area contributed by atoms with Crippen LogP contribution < -0.4 is 5.73 Å². The van der Waals surface area contributed by atoms with E-state index < -0.39 is 0 Å². The lowest BCUT2D eigenvalue weighted by molar-refractivity contribution is 0.601. The predicted molar refractivity (Wildman–Crippen MR) is 115 cm³/mol. The summed E-state index contributed by atoms with van der Waals surface area (Å²) in [5.74, 6) is 0.523. The number of nitrogen functional groups attached to an aromatic ring is 1. The van der Waals surface area contributed by atoms with Crippen molar-refractivity contribution in [3.05, 3.63) is 58.0 Å². The lowest BCUT2D eigenvalue weighted by Crippen LogP contribution is -2.03. The Morgan fingerprint density at radius 2 is 2.16 bits per heavy atom. The fourth-order valence-electron chi connectivity index (χ4n) is 3.80. The summed E-state index contributed by atoms with van der Waals surface area (Å²) in [6, 6.07) is 9.65. The molecule has 0 fully saturated rings. The predicted octanol–water partition coefficient (Wildman–Crippen LogP) is 3.01. The number of hydrogen-bond acceptors (Lipinski definition) is 7. The van der Waals surface area contributed by atoms with Gasteiger partial charge in [-0.15, -0.1) is 5.10 Å². The number of aryl methyl sites for hydroxylation is 2. The molecule has 0 bridgehead atoms. The summed E-state index contributed by atoms with van der Waals surface area (Å²) in [6.07, 6.45) is 3.96. The van der Waals surface area contributed by atoms with E-state index in [-0.39, 0.29) is 10.8 Å². The van der Waals surface area contributed by atoms with Gasteiger partial charge in [0.05, 0.1) is 30.1 Å². The normalized spacial score (nSPS) is 12.7. The van der Waals surface area contributed by atoms with E-state index in [4.69, 9.17) is 17.3 Å². The van der Waals surface area contributed by atoms with Crippen molar-refractivity contribution < 1.29 is 0 Å². The molecule has 4 heterocycles. The van der Waals surface area contributed by atoms with E-state index >= 15 is 0 Å². The van der Waals surface area contributed by atoms with Crippen LogP contribution in [-0.2, 0) is 19.5 Å². The highest BCUT2D eigenvalue weighted by Gasteiger charge is 2.19. The molecule has 0 saturated heterocycles. The highest BCUT2D eigenvalue weighted by atomic mass is 35.5. The fraction of sp³-hybridized carbons (Fsp3) is 0.238. The zero-order valence-electron chi connectivity index (χ0n) is 16.7. The molecule has 4 aromatic rings. The number of anilines is 1. The van der Waals surface area contributed by atoms with Crippen LogP contribution in [0.3, 0.4) is 0 Å². The number of fused-ring (bicyclic) bond motifs is 1. The van der Waals surface area contributed by atoms with Crippen LogP contribution in [-0.4, -0.2) is 34.7 Å². The Hall–Kier alpha value is -3.77. The Morgan fingerprint density at radius 1 is 1.29 bits per heavy atom. The van der Waals surface area contributed by atoms with Gasteiger partial charge in [0.25, 0.3) is 0 Å². The van der Waals surface area contributed by atoms with Gasteiger partial charge in [-0.25, -0.2) is 14.6 Å². The zero-order valence-corrected chi connectivity index (χ0v) is 17.5. The fourth-order valence-corrected chi connectivity index (χ4v) is 3.98. The van der Waals surface area contributed by atoms with Crippen LogP contribution in [0.1, 0.15) is 28.9 Å². The largest absolute Gasteiger partial charge is 0.382 e. The summed E-state index contributed by atoms with van der Waals surface area (Å²) in [7, 11) is 0. The van der Waals surface area contributed by atoms with Gasteiger partial charge in [-0.1, -0.05) is 28.9 Å². The van der Waals surface area contributed by atoms with E-state index in [2.05, 4.69) is 37.5 Å². The Labute approximate surface area is 183 Å². The second-order valence-electron chi connectivity index (χ2n) is 7.44. The summed E-state index contributed by atoms with van der Waals surface area (Å²) < 4.78 is 3.74. The summed E-state index contributed by atoms with van der Waals surface area (Å²) in [5.41, 5.74) is 11.2. The summed E-state index contributed by atoms with van der Waals surface area (Å²) in [5, 5.41) is 22.6. The third-order valence-corrected chi connectivity index (χ3v) is 5.77. The number of aromatic nitrogens is 7. The monoisotopic (exact) mass is 431 g/mol. The van der Waals surface area contributed by atoms with E-state index in [1.54, 1.807) is 23.0 Å². The Kier molecular flexibility index (Phi) is 4.64. The van der Waals surface area contributed by atoms with Gasteiger partial charge >= 0.3 is 0 Å². The van der Waals surface area contributed by atoms with Crippen LogP contribution in [0.25, 0.3) is 22.8 Å². The van der Waals surface area contributed by atoms with E-state index in [9.17, 15) is 5.26 Å². The number of nitriles is 1. The first-order chi connectivity index (χ1) is 15.0. The van der Waals surface area contributed by atoms with Gasteiger partial charge < -0.3 is 5.73 Å². The Morgan fingerprint density at radius 3 is 2.97 bits per heavy atom. The number of halogens is 1. The van der Waals surface area contributed by atoms with Crippen molar-refractivity contribution in [3.63, 3.8) is 0 Å². The molecular formula is C21H18ClN9. The third-order valence-electron chi connectivity index (χ3n) is 5.39. The summed E-state index contributed by atoms with van der Waals surface area (Å²) >= 11 is 6.41. The minimum Gasteiger partial charge on any atom is -0.382 e. The molecule has 0 aliphatic carbocycles. The van der Waals surface area contributed by atoms with Crippen molar-refractivity contribution >= 4 is 17.4 Å². The van der Waals surface area contributed by atoms with Crippen molar-refractivity contribution in [2.45, 2.75) is 32.9 Å². The van der Waals surface area contributed by atoms with Crippen LogP contribution in [0.4, 0.5) is 5.82 Å². The summed E-state index contributed by atoms with van der Waals surface area (Å²) in [4.78, 5) is 8.93. The SMILES string of the molecule is Cc1c(C#N)cccc1-c1nc(N)c(Cl)c(-c2cn(Cc3cc4n(n3)CCC4)nn2)n1. The van der Waals surface area contributed by atoms with Gasteiger partial charge in [-0.05, 0) is 37.5 Å². The molecular weight excluding hydrogens is 414 g/mol. The number of hydrogen-bond donors (Lipinski definition) is 1. The standard InChI is InChI=1S/C21H18ClN9/c1-12-13(9-23)4-2-6-16(12)21-25-19(18(22)20(24)26-21)17-11-30(29-27-17)10-14-8-15-5-3-7-31(15)28-14/h2,4,6,8,11H,3,5,7,10H2,1H3,(H2,24,25,26). The lowest BCUT2D eigenvalue weighted by Gasteiger charge is -2.09. The van der Waals surface area contributed by atoms with Gasteiger partial charge in [0.1, 0.15) is 22.2 Å². The molecule has 9 nitrogen and oxygen atoms in total. The number of nitrogens with two attached hydrogens (primary N) is 1.